The molecule has 1 aliphatic rings. The molecule has 3 heterocycles. The standard InChI is InChI=1S/C14H15F3N4O/c15-14(16,17)10-1-2-13(19-5-10)22-12-3-4-21(8-12)7-11-6-18-9-20-11/h1-2,5-6,9,12H,3-4,7-8H2,(H,18,20)/t12-/m1/s1. The number of hydrogen-bond donors (Lipinski definition) is 1. The van der Waals surface area contributed by atoms with E-state index in [1.54, 1.807) is 12.5 Å². The van der Waals surface area contributed by atoms with Crippen molar-refractivity contribution in [3.05, 3.63) is 42.1 Å². The Balaban J connectivity index is 1.54. The summed E-state index contributed by atoms with van der Waals surface area (Å²) in [5.74, 6) is 0.224. The zero-order chi connectivity index (χ0) is 15.6. The molecule has 1 saturated heterocycles. The Morgan fingerprint density at radius 1 is 1.32 bits per heavy atom. The second-order valence-corrected chi connectivity index (χ2v) is 5.22. The summed E-state index contributed by atoms with van der Waals surface area (Å²) in [5.41, 5.74) is 0.250. The normalized spacial score (nSPS) is 19.5. The van der Waals surface area contributed by atoms with Crippen LogP contribution in [0.2, 0.25) is 0 Å². The van der Waals surface area contributed by atoms with Crippen LogP contribution in [-0.2, 0) is 12.7 Å². The van der Waals surface area contributed by atoms with Gasteiger partial charge in [0.25, 0.3) is 0 Å². The Morgan fingerprint density at radius 2 is 2.18 bits per heavy atom. The van der Waals surface area contributed by atoms with Gasteiger partial charge in [-0.05, 0) is 12.5 Å². The third kappa shape index (κ3) is 3.56. The lowest BCUT2D eigenvalue weighted by molar-refractivity contribution is -0.137. The average Bonchev–Trinajstić information content (AvgIpc) is 3.11. The molecule has 1 fully saturated rings. The summed E-state index contributed by atoms with van der Waals surface area (Å²) in [5, 5.41) is 0. The van der Waals surface area contributed by atoms with Crippen molar-refractivity contribution < 1.29 is 17.9 Å². The Labute approximate surface area is 125 Å². The number of pyridine rings is 1. The fourth-order valence-corrected chi connectivity index (χ4v) is 2.44. The van der Waals surface area contributed by atoms with Crippen molar-refractivity contribution in [2.75, 3.05) is 13.1 Å². The van der Waals surface area contributed by atoms with Crippen LogP contribution >= 0.6 is 0 Å². The van der Waals surface area contributed by atoms with E-state index in [9.17, 15) is 13.2 Å². The fourth-order valence-electron chi connectivity index (χ4n) is 2.44. The molecule has 0 aliphatic carbocycles. The monoisotopic (exact) mass is 312 g/mol. The number of aromatic nitrogens is 3. The molecule has 0 spiro atoms. The highest BCUT2D eigenvalue weighted by Gasteiger charge is 2.31. The smallest absolute Gasteiger partial charge is 0.417 e. The van der Waals surface area contributed by atoms with Crippen LogP contribution < -0.4 is 4.74 Å². The maximum absolute atomic E-state index is 12.5. The van der Waals surface area contributed by atoms with Crippen molar-refractivity contribution in [2.24, 2.45) is 0 Å². The lowest BCUT2D eigenvalue weighted by Crippen LogP contribution is -2.25. The SMILES string of the molecule is FC(F)(F)c1ccc(O[C@@H]2CCN(Cc3cnc[nH]3)C2)nc1. The Hall–Kier alpha value is -2.09. The summed E-state index contributed by atoms with van der Waals surface area (Å²) < 4.78 is 43.0. The number of imidazole rings is 1. The minimum atomic E-state index is -4.38. The van der Waals surface area contributed by atoms with Crippen LogP contribution in [0, 0.1) is 0 Å². The molecule has 5 nitrogen and oxygen atoms in total. The van der Waals surface area contributed by atoms with Crippen LogP contribution in [-0.4, -0.2) is 39.0 Å². The molecule has 2 aromatic rings. The highest BCUT2D eigenvalue weighted by Crippen LogP contribution is 2.29. The van der Waals surface area contributed by atoms with Crippen molar-refractivity contribution >= 4 is 0 Å². The van der Waals surface area contributed by atoms with Crippen molar-refractivity contribution in [1.82, 2.24) is 19.9 Å². The number of ether oxygens (including phenoxy) is 1. The third-order valence-corrected chi connectivity index (χ3v) is 3.53. The van der Waals surface area contributed by atoms with E-state index >= 15 is 0 Å². The number of rotatable bonds is 4. The summed E-state index contributed by atoms with van der Waals surface area (Å²) in [6.45, 7) is 2.33. The van der Waals surface area contributed by atoms with Gasteiger partial charge in [0.1, 0.15) is 6.10 Å². The number of halogens is 3. The fraction of sp³-hybridized carbons (Fsp3) is 0.429. The van der Waals surface area contributed by atoms with Gasteiger partial charge in [-0.3, -0.25) is 4.90 Å². The van der Waals surface area contributed by atoms with Crippen molar-refractivity contribution in [3.63, 3.8) is 0 Å². The Kier molecular flexibility index (Phi) is 4.02. The topological polar surface area (TPSA) is 54.0 Å². The number of H-pyrrole nitrogens is 1. The van der Waals surface area contributed by atoms with Gasteiger partial charge in [-0.2, -0.15) is 13.2 Å². The molecular weight excluding hydrogens is 297 g/mol. The summed E-state index contributed by atoms with van der Waals surface area (Å²) >= 11 is 0. The lowest BCUT2D eigenvalue weighted by atomic mass is 10.3. The summed E-state index contributed by atoms with van der Waals surface area (Å²) in [6.07, 6.45) is 0.576. The molecule has 3 rings (SSSR count). The van der Waals surface area contributed by atoms with Crippen LogP contribution in [0.15, 0.2) is 30.9 Å². The van der Waals surface area contributed by atoms with Gasteiger partial charge in [0.05, 0.1) is 11.9 Å². The quantitative estimate of drug-likeness (QED) is 0.942. The van der Waals surface area contributed by atoms with E-state index in [1.165, 1.54) is 6.07 Å². The van der Waals surface area contributed by atoms with Gasteiger partial charge < -0.3 is 9.72 Å². The van der Waals surface area contributed by atoms with Gasteiger partial charge in [-0.15, -0.1) is 0 Å². The van der Waals surface area contributed by atoms with Gasteiger partial charge >= 0.3 is 6.18 Å². The second-order valence-electron chi connectivity index (χ2n) is 5.22. The molecule has 0 unspecified atom stereocenters. The molecule has 0 radical (unpaired) electrons. The van der Waals surface area contributed by atoms with E-state index in [0.29, 0.717) is 6.54 Å². The molecule has 0 saturated carbocycles. The van der Waals surface area contributed by atoms with Crippen LogP contribution in [0.5, 0.6) is 5.88 Å². The first-order valence-electron chi connectivity index (χ1n) is 6.90. The zero-order valence-electron chi connectivity index (χ0n) is 11.7. The molecule has 2 aromatic heterocycles. The van der Waals surface area contributed by atoms with Gasteiger partial charge in [0.2, 0.25) is 5.88 Å². The summed E-state index contributed by atoms with van der Waals surface area (Å²) in [4.78, 5) is 12.9. The highest BCUT2D eigenvalue weighted by molar-refractivity contribution is 5.20. The maximum Gasteiger partial charge on any atom is 0.417 e. The van der Waals surface area contributed by atoms with E-state index in [4.69, 9.17) is 4.74 Å². The first-order valence-corrected chi connectivity index (χ1v) is 6.90. The number of hydrogen-bond acceptors (Lipinski definition) is 4. The van der Waals surface area contributed by atoms with Gasteiger partial charge in [0, 0.05) is 43.8 Å². The van der Waals surface area contributed by atoms with Crippen LogP contribution in [0.4, 0.5) is 13.2 Å². The predicted octanol–water partition coefficient (Wildman–Crippen LogP) is 2.48. The van der Waals surface area contributed by atoms with E-state index in [0.717, 1.165) is 37.5 Å². The Bertz CT molecular complexity index is 598. The van der Waals surface area contributed by atoms with Gasteiger partial charge in [0.15, 0.2) is 0 Å². The number of nitrogens with zero attached hydrogens (tertiary/aromatic N) is 3. The predicted molar refractivity (Wildman–Crippen MR) is 72.1 cm³/mol. The van der Waals surface area contributed by atoms with Crippen molar-refractivity contribution in [2.45, 2.75) is 25.2 Å². The van der Waals surface area contributed by atoms with Gasteiger partial charge in [-0.1, -0.05) is 0 Å². The largest absolute Gasteiger partial charge is 0.473 e. The first kappa shape index (κ1) is 14.8. The molecule has 1 aliphatic heterocycles. The lowest BCUT2D eigenvalue weighted by Gasteiger charge is -2.16. The molecule has 22 heavy (non-hydrogen) atoms. The number of nitrogens with one attached hydrogen (secondary N) is 1. The second kappa shape index (κ2) is 5.96. The molecule has 0 amide bonds. The minimum Gasteiger partial charge on any atom is -0.473 e. The Morgan fingerprint density at radius 3 is 2.82 bits per heavy atom. The van der Waals surface area contributed by atoms with E-state index in [-0.39, 0.29) is 12.0 Å². The minimum absolute atomic E-state index is 0.0628. The van der Waals surface area contributed by atoms with Crippen LogP contribution in [0.25, 0.3) is 0 Å². The number of alkyl halides is 3. The molecule has 8 heteroatoms. The first-order chi connectivity index (χ1) is 10.5. The maximum atomic E-state index is 12.5. The molecular formula is C14H15F3N4O. The molecule has 1 N–H and O–H groups in total. The summed E-state index contributed by atoms with van der Waals surface area (Å²) in [6, 6.07) is 2.25. The number of likely N-dealkylation sites (tertiary alicyclic amines) is 1. The van der Waals surface area contributed by atoms with Crippen LogP contribution in [0.3, 0.4) is 0 Å². The van der Waals surface area contributed by atoms with E-state index < -0.39 is 11.7 Å². The molecule has 1 atom stereocenters. The summed E-state index contributed by atoms with van der Waals surface area (Å²) in [7, 11) is 0. The highest BCUT2D eigenvalue weighted by atomic mass is 19.4. The van der Waals surface area contributed by atoms with Gasteiger partial charge in [-0.25, -0.2) is 9.97 Å². The van der Waals surface area contributed by atoms with Crippen molar-refractivity contribution in [1.29, 1.82) is 0 Å². The molecule has 0 aromatic carbocycles. The average molecular weight is 312 g/mol. The van der Waals surface area contributed by atoms with Crippen molar-refractivity contribution in [3.8, 4) is 5.88 Å². The van der Waals surface area contributed by atoms with E-state index in [2.05, 4.69) is 19.9 Å². The van der Waals surface area contributed by atoms with E-state index in [1.807, 2.05) is 0 Å². The molecule has 0 bridgehead atoms. The molecule has 118 valence electrons. The third-order valence-electron chi connectivity index (χ3n) is 3.53. The van der Waals surface area contributed by atoms with Crippen LogP contribution in [0.1, 0.15) is 17.7 Å². The number of aromatic amines is 1. The zero-order valence-corrected chi connectivity index (χ0v) is 11.7.